The normalized spacial score (nSPS) is 11.8. The molecule has 0 heterocycles. The first-order valence-corrected chi connectivity index (χ1v) is 7.02. The highest BCUT2D eigenvalue weighted by Gasteiger charge is 2.18. The molecule has 0 aliphatic heterocycles. The van der Waals surface area contributed by atoms with Gasteiger partial charge in [-0.2, -0.15) is 0 Å². The van der Waals surface area contributed by atoms with E-state index in [1.807, 2.05) is 6.07 Å². The van der Waals surface area contributed by atoms with Gasteiger partial charge < -0.3 is 0 Å². The maximum absolute atomic E-state index is 5.97. The molecule has 0 saturated carbocycles. The van der Waals surface area contributed by atoms with Gasteiger partial charge in [-0.25, -0.2) is 0 Å². The Balaban J connectivity index is 2.91. The molecule has 0 fully saturated rings. The van der Waals surface area contributed by atoms with Crippen LogP contribution in [0.1, 0.15) is 19.4 Å². The fraction of sp³-hybridized carbons (Fsp3) is 0.455. The predicted octanol–water partition coefficient (Wildman–Crippen LogP) is 4.91. The molecule has 14 heavy (non-hydrogen) atoms. The molecule has 3 heteroatoms. The zero-order valence-corrected chi connectivity index (χ0v) is 12.8. The molecule has 0 N–H and O–H groups in total. The molecule has 0 aromatic heterocycles. The lowest BCUT2D eigenvalue weighted by molar-refractivity contribution is 0.424. The molecule has 0 radical (unpaired) electrons. The average Bonchev–Trinajstić information content (AvgIpc) is 2.11. The van der Waals surface area contributed by atoms with Crippen LogP contribution in [-0.4, -0.2) is 5.33 Å². The highest BCUT2D eigenvalue weighted by molar-refractivity contribution is 14.1. The fourth-order valence-corrected chi connectivity index (χ4v) is 2.16. The third-order valence-electron chi connectivity index (χ3n) is 2.04. The summed E-state index contributed by atoms with van der Waals surface area (Å²) in [5.41, 5.74) is 1.62. The number of hydrogen-bond acceptors (Lipinski definition) is 0. The molecule has 0 amide bonds. The van der Waals surface area contributed by atoms with Crippen LogP contribution in [0, 0.1) is 8.99 Å². The van der Waals surface area contributed by atoms with Gasteiger partial charge in [0.1, 0.15) is 0 Å². The summed E-state index contributed by atoms with van der Waals surface area (Å²) in [6, 6.07) is 6.07. The number of alkyl halides is 1. The largest absolute Gasteiger partial charge is 0.0922 e. The minimum atomic E-state index is 0.282. The van der Waals surface area contributed by atoms with E-state index < -0.39 is 0 Å². The van der Waals surface area contributed by atoms with E-state index in [9.17, 15) is 0 Å². The van der Waals surface area contributed by atoms with Gasteiger partial charge in [0.2, 0.25) is 0 Å². The minimum Gasteiger partial charge on any atom is -0.0922 e. The van der Waals surface area contributed by atoms with Gasteiger partial charge in [0.15, 0.2) is 0 Å². The Morgan fingerprint density at radius 1 is 1.43 bits per heavy atom. The summed E-state index contributed by atoms with van der Waals surface area (Å²) in [7, 11) is 0. The van der Waals surface area contributed by atoms with Crippen molar-refractivity contribution >= 4 is 50.1 Å². The standard InChI is InChI=1S/C11H13BrClI/c1-11(2,7-12)6-8-5-9(13)3-4-10(8)14/h3-5H,6-7H2,1-2H3. The van der Waals surface area contributed by atoms with E-state index in [1.165, 1.54) is 9.13 Å². The van der Waals surface area contributed by atoms with Crippen LogP contribution in [0.3, 0.4) is 0 Å². The maximum Gasteiger partial charge on any atom is 0.0409 e. The lowest BCUT2D eigenvalue weighted by atomic mass is 9.88. The summed E-state index contributed by atoms with van der Waals surface area (Å²) in [5.74, 6) is 0. The lowest BCUT2D eigenvalue weighted by Gasteiger charge is -2.22. The lowest BCUT2D eigenvalue weighted by Crippen LogP contribution is -2.17. The average molecular weight is 387 g/mol. The van der Waals surface area contributed by atoms with E-state index in [0.717, 1.165) is 16.8 Å². The molecule has 1 aromatic rings. The van der Waals surface area contributed by atoms with Crippen LogP contribution in [0.5, 0.6) is 0 Å². The van der Waals surface area contributed by atoms with Crippen LogP contribution in [0.4, 0.5) is 0 Å². The van der Waals surface area contributed by atoms with Crippen molar-refractivity contribution in [1.82, 2.24) is 0 Å². The van der Waals surface area contributed by atoms with Crippen LogP contribution in [0.15, 0.2) is 18.2 Å². The molecule has 0 aliphatic rings. The quantitative estimate of drug-likeness (QED) is 0.511. The third-order valence-corrected chi connectivity index (χ3v) is 4.84. The Hall–Kier alpha value is 0.720. The maximum atomic E-state index is 5.97. The Bertz CT molecular complexity index is 323. The van der Waals surface area contributed by atoms with Crippen LogP contribution >= 0.6 is 50.1 Å². The number of halogens is 3. The molecule has 78 valence electrons. The molecule has 1 aromatic carbocycles. The summed E-state index contributed by atoms with van der Waals surface area (Å²) in [5, 5.41) is 1.83. The highest BCUT2D eigenvalue weighted by Crippen LogP contribution is 2.28. The van der Waals surface area contributed by atoms with Gasteiger partial charge in [-0.05, 0) is 58.2 Å². The number of benzene rings is 1. The van der Waals surface area contributed by atoms with Crippen LogP contribution in [0.25, 0.3) is 0 Å². The first-order chi connectivity index (χ1) is 6.44. The monoisotopic (exact) mass is 386 g/mol. The molecular formula is C11H13BrClI. The van der Waals surface area contributed by atoms with Gasteiger partial charge >= 0.3 is 0 Å². The van der Waals surface area contributed by atoms with Crippen molar-refractivity contribution in [2.24, 2.45) is 5.41 Å². The van der Waals surface area contributed by atoms with E-state index in [0.29, 0.717) is 0 Å². The van der Waals surface area contributed by atoms with Crippen molar-refractivity contribution < 1.29 is 0 Å². The van der Waals surface area contributed by atoms with E-state index in [1.54, 1.807) is 0 Å². The van der Waals surface area contributed by atoms with Crippen molar-refractivity contribution in [2.45, 2.75) is 20.3 Å². The van der Waals surface area contributed by atoms with Crippen molar-refractivity contribution in [1.29, 1.82) is 0 Å². The number of hydrogen-bond donors (Lipinski definition) is 0. The van der Waals surface area contributed by atoms with Crippen LogP contribution < -0.4 is 0 Å². The Morgan fingerprint density at radius 3 is 2.64 bits per heavy atom. The van der Waals surface area contributed by atoms with E-state index in [-0.39, 0.29) is 5.41 Å². The third kappa shape index (κ3) is 3.70. The molecule has 0 spiro atoms. The summed E-state index contributed by atoms with van der Waals surface area (Å²) in [6.07, 6.45) is 1.05. The Morgan fingerprint density at radius 2 is 2.07 bits per heavy atom. The molecule has 0 unspecified atom stereocenters. The van der Waals surface area contributed by atoms with Crippen LogP contribution in [-0.2, 0) is 6.42 Å². The van der Waals surface area contributed by atoms with Gasteiger partial charge in [-0.3, -0.25) is 0 Å². The summed E-state index contributed by atoms with van der Waals surface area (Å²) in [4.78, 5) is 0. The fourth-order valence-electron chi connectivity index (χ4n) is 1.24. The van der Waals surface area contributed by atoms with Crippen molar-refractivity contribution in [3.63, 3.8) is 0 Å². The van der Waals surface area contributed by atoms with Gasteiger partial charge in [0, 0.05) is 13.9 Å². The molecule has 0 nitrogen and oxygen atoms in total. The van der Waals surface area contributed by atoms with Gasteiger partial charge in [-0.15, -0.1) is 0 Å². The second-order valence-corrected chi connectivity index (χ2v) is 6.37. The van der Waals surface area contributed by atoms with E-state index in [2.05, 4.69) is 64.5 Å². The molecule has 0 bridgehead atoms. The summed E-state index contributed by atoms with van der Waals surface area (Å²) in [6.45, 7) is 4.50. The molecule has 1 rings (SSSR count). The molecule has 0 atom stereocenters. The van der Waals surface area contributed by atoms with Crippen molar-refractivity contribution in [2.75, 3.05) is 5.33 Å². The first kappa shape index (κ1) is 12.8. The predicted molar refractivity (Wildman–Crippen MR) is 75.4 cm³/mol. The molecular weight excluding hydrogens is 374 g/mol. The first-order valence-electron chi connectivity index (χ1n) is 4.44. The second kappa shape index (κ2) is 5.17. The van der Waals surface area contributed by atoms with E-state index in [4.69, 9.17) is 11.6 Å². The van der Waals surface area contributed by atoms with Crippen LogP contribution in [0.2, 0.25) is 5.02 Å². The smallest absolute Gasteiger partial charge is 0.0409 e. The Kier molecular flexibility index (Phi) is 4.72. The SMILES string of the molecule is CC(C)(CBr)Cc1cc(Cl)ccc1I. The summed E-state index contributed by atoms with van der Waals surface area (Å²) < 4.78 is 1.29. The second-order valence-electron chi connectivity index (χ2n) is 4.21. The van der Waals surface area contributed by atoms with Crippen molar-refractivity contribution in [3.8, 4) is 0 Å². The molecule has 0 aliphatic carbocycles. The Labute approximate surface area is 113 Å². The van der Waals surface area contributed by atoms with Crippen molar-refractivity contribution in [3.05, 3.63) is 32.4 Å². The highest BCUT2D eigenvalue weighted by atomic mass is 127. The zero-order valence-electron chi connectivity index (χ0n) is 8.28. The molecule has 0 saturated heterocycles. The summed E-state index contributed by atoms with van der Waals surface area (Å²) >= 11 is 11.9. The minimum absolute atomic E-state index is 0.282. The van der Waals surface area contributed by atoms with Gasteiger partial charge in [0.25, 0.3) is 0 Å². The van der Waals surface area contributed by atoms with E-state index >= 15 is 0 Å². The zero-order chi connectivity index (χ0) is 10.8. The topological polar surface area (TPSA) is 0 Å². The van der Waals surface area contributed by atoms with Gasteiger partial charge in [-0.1, -0.05) is 41.4 Å². The number of rotatable bonds is 3. The van der Waals surface area contributed by atoms with Gasteiger partial charge in [0.05, 0.1) is 0 Å².